The number of hydrogen-bond acceptors (Lipinski definition) is 4. The molecule has 22 heavy (non-hydrogen) atoms. The standard InChI is InChI=1S/C17H26N2O3/c1-12(18-5)15(20)19-14(16(21)22-17(2,3)4)11-13-9-7-6-8-10-13/h6-10,12,14,18H,11H2,1-5H3,(H,19,20)/t12-,14-/m0/s1. The van der Waals surface area contributed by atoms with Crippen LogP contribution in [0.2, 0.25) is 0 Å². The molecule has 1 amide bonds. The van der Waals surface area contributed by atoms with Gasteiger partial charge in [-0.2, -0.15) is 0 Å². The van der Waals surface area contributed by atoms with Crippen molar-refractivity contribution in [3.8, 4) is 0 Å². The minimum absolute atomic E-state index is 0.228. The first kappa shape index (κ1) is 18.2. The van der Waals surface area contributed by atoms with E-state index in [9.17, 15) is 9.59 Å². The normalized spacial score (nSPS) is 14.0. The highest BCUT2D eigenvalue weighted by atomic mass is 16.6. The summed E-state index contributed by atoms with van der Waals surface area (Å²) in [7, 11) is 1.70. The van der Waals surface area contributed by atoms with Crippen LogP contribution in [-0.4, -0.2) is 36.6 Å². The van der Waals surface area contributed by atoms with Gasteiger partial charge in [0.2, 0.25) is 5.91 Å². The quantitative estimate of drug-likeness (QED) is 0.785. The highest BCUT2D eigenvalue weighted by molar-refractivity contribution is 5.87. The maximum absolute atomic E-state index is 12.4. The molecular formula is C17H26N2O3. The summed E-state index contributed by atoms with van der Waals surface area (Å²) in [6, 6.07) is 8.48. The largest absolute Gasteiger partial charge is 0.458 e. The van der Waals surface area contributed by atoms with E-state index >= 15 is 0 Å². The Morgan fingerprint density at radius 3 is 2.27 bits per heavy atom. The Hall–Kier alpha value is -1.88. The van der Waals surface area contributed by atoms with Gasteiger partial charge in [-0.05, 0) is 40.3 Å². The van der Waals surface area contributed by atoms with E-state index in [1.165, 1.54) is 0 Å². The van der Waals surface area contributed by atoms with Crippen molar-refractivity contribution in [1.29, 1.82) is 0 Å². The molecule has 0 unspecified atom stereocenters. The number of carbonyl (C=O) groups is 2. The third-order valence-electron chi connectivity index (χ3n) is 3.12. The summed E-state index contributed by atoms with van der Waals surface area (Å²) in [5.41, 5.74) is 0.376. The Morgan fingerprint density at radius 2 is 1.77 bits per heavy atom. The molecule has 0 aromatic heterocycles. The first-order valence-electron chi connectivity index (χ1n) is 7.47. The first-order chi connectivity index (χ1) is 10.2. The molecule has 0 heterocycles. The molecular weight excluding hydrogens is 280 g/mol. The Labute approximate surface area is 132 Å². The van der Waals surface area contributed by atoms with Gasteiger partial charge in [-0.25, -0.2) is 4.79 Å². The molecule has 0 bridgehead atoms. The highest BCUT2D eigenvalue weighted by Gasteiger charge is 2.28. The van der Waals surface area contributed by atoms with E-state index in [0.717, 1.165) is 5.56 Å². The van der Waals surface area contributed by atoms with E-state index < -0.39 is 17.6 Å². The number of ether oxygens (including phenoxy) is 1. The summed E-state index contributed by atoms with van der Waals surface area (Å²) >= 11 is 0. The molecule has 5 heteroatoms. The van der Waals surface area contributed by atoms with Crippen molar-refractivity contribution in [2.24, 2.45) is 0 Å². The zero-order valence-corrected chi connectivity index (χ0v) is 14.0. The lowest BCUT2D eigenvalue weighted by Crippen LogP contribution is -2.50. The van der Waals surface area contributed by atoms with Crippen LogP contribution >= 0.6 is 0 Å². The monoisotopic (exact) mass is 306 g/mol. The van der Waals surface area contributed by atoms with Crippen molar-refractivity contribution in [3.05, 3.63) is 35.9 Å². The molecule has 5 nitrogen and oxygen atoms in total. The fourth-order valence-corrected chi connectivity index (χ4v) is 1.84. The SMILES string of the molecule is CN[C@@H](C)C(=O)N[C@@H](Cc1ccccc1)C(=O)OC(C)(C)C. The van der Waals surface area contributed by atoms with Crippen molar-refractivity contribution < 1.29 is 14.3 Å². The van der Waals surface area contributed by atoms with Crippen LogP contribution in [0.3, 0.4) is 0 Å². The van der Waals surface area contributed by atoms with Gasteiger partial charge in [0.15, 0.2) is 0 Å². The molecule has 0 radical (unpaired) electrons. The molecule has 0 saturated carbocycles. The van der Waals surface area contributed by atoms with Crippen LogP contribution in [0.5, 0.6) is 0 Å². The van der Waals surface area contributed by atoms with Gasteiger partial charge in [0, 0.05) is 6.42 Å². The number of rotatable bonds is 6. The van der Waals surface area contributed by atoms with E-state index in [4.69, 9.17) is 4.74 Å². The van der Waals surface area contributed by atoms with Crippen LogP contribution in [0.4, 0.5) is 0 Å². The van der Waals surface area contributed by atoms with E-state index in [0.29, 0.717) is 6.42 Å². The molecule has 2 N–H and O–H groups in total. The lowest BCUT2D eigenvalue weighted by atomic mass is 10.1. The predicted octanol–water partition coefficient (Wildman–Crippen LogP) is 1.66. The van der Waals surface area contributed by atoms with Crippen LogP contribution in [0.1, 0.15) is 33.3 Å². The van der Waals surface area contributed by atoms with Gasteiger partial charge in [-0.1, -0.05) is 30.3 Å². The molecule has 0 saturated heterocycles. The second kappa shape index (κ2) is 7.94. The second-order valence-electron chi connectivity index (χ2n) is 6.29. The van der Waals surface area contributed by atoms with Crippen molar-refractivity contribution in [2.75, 3.05) is 7.05 Å². The van der Waals surface area contributed by atoms with Crippen LogP contribution in [0, 0.1) is 0 Å². The first-order valence-corrected chi connectivity index (χ1v) is 7.47. The van der Waals surface area contributed by atoms with Gasteiger partial charge in [0.1, 0.15) is 11.6 Å². The molecule has 1 rings (SSSR count). The maximum atomic E-state index is 12.4. The fraction of sp³-hybridized carbons (Fsp3) is 0.529. The Kier molecular flexibility index (Phi) is 6.56. The maximum Gasteiger partial charge on any atom is 0.329 e. The van der Waals surface area contributed by atoms with Crippen LogP contribution in [0.15, 0.2) is 30.3 Å². The molecule has 1 aromatic rings. The summed E-state index contributed by atoms with van der Waals surface area (Å²) in [4.78, 5) is 24.4. The Morgan fingerprint density at radius 1 is 1.18 bits per heavy atom. The molecule has 0 spiro atoms. The molecule has 0 fully saturated rings. The number of likely N-dealkylation sites (N-methyl/N-ethyl adjacent to an activating group) is 1. The number of nitrogens with one attached hydrogen (secondary N) is 2. The summed E-state index contributed by atoms with van der Waals surface area (Å²) in [5, 5.41) is 5.62. The lowest BCUT2D eigenvalue weighted by molar-refractivity contribution is -0.158. The van der Waals surface area contributed by atoms with Crippen molar-refractivity contribution in [3.63, 3.8) is 0 Å². The van der Waals surface area contributed by atoms with Crippen LogP contribution in [0.25, 0.3) is 0 Å². The summed E-state index contributed by atoms with van der Waals surface area (Å²) in [6.07, 6.45) is 0.401. The second-order valence-corrected chi connectivity index (χ2v) is 6.29. The van der Waals surface area contributed by atoms with Gasteiger partial charge in [0.25, 0.3) is 0 Å². The van der Waals surface area contributed by atoms with Gasteiger partial charge in [0.05, 0.1) is 6.04 Å². The van der Waals surface area contributed by atoms with Crippen molar-refractivity contribution >= 4 is 11.9 Å². The topological polar surface area (TPSA) is 67.4 Å². The Bertz CT molecular complexity index is 494. The van der Waals surface area contributed by atoms with Gasteiger partial charge in [-0.15, -0.1) is 0 Å². The van der Waals surface area contributed by atoms with Gasteiger partial charge >= 0.3 is 5.97 Å². The van der Waals surface area contributed by atoms with Gasteiger partial charge in [-0.3, -0.25) is 4.79 Å². The molecule has 2 atom stereocenters. The van der Waals surface area contributed by atoms with E-state index in [2.05, 4.69) is 10.6 Å². The van der Waals surface area contributed by atoms with E-state index in [1.54, 1.807) is 14.0 Å². The zero-order valence-electron chi connectivity index (χ0n) is 14.0. The minimum atomic E-state index is -0.704. The number of esters is 1. The zero-order chi connectivity index (χ0) is 16.8. The predicted molar refractivity (Wildman–Crippen MR) is 86.4 cm³/mol. The minimum Gasteiger partial charge on any atom is -0.458 e. The van der Waals surface area contributed by atoms with Crippen LogP contribution in [-0.2, 0) is 20.7 Å². The van der Waals surface area contributed by atoms with E-state index in [1.807, 2.05) is 51.1 Å². The van der Waals surface area contributed by atoms with Gasteiger partial charge < -0.3 is 15.4 Å². The number of hydrogen-bond donors (Lipinski definition) is 2. The Balaban J connectivity index is 2.85. The number of benzene rings is 1. The third kappa shape index (κ3) is 6.26. The summed E-state index contributed by atoms with van der Waals surface area (Å²) < 4.78 is 5.41. The highest BCUT2D eigenvalue weighted by Crippen LogP contribution is 2.11. The summed E-state index contributed by atoms with van der Waals surface area (Å²) in [5.74, 6) is -0.651. The number of amides is 1. The lowest BCUT2D eigenvalue weighted by Gasteiger charge is -2.25. The summed E-state index contributed by atoms with van der Waals surface area (Å²) in [6.45, 7) is 7.16. The van der Waals surface area contributed by atoms with Crippen molar-refractivity contribution in [1.82, 2.24) is 10.6 Å². The molecule has 1 aromatic carbocycles. The molecule has 0 aliphatic carbocycles. The van der Waals surface area contributed by atoms with E-state index in [-0.39, 0.29) is 11.9 Å². The average molecular weight is 306 g/mol. The van der Waals surface area contributed by atoms with Crippen LogP contribution < -0.4 is 10.6 Å². The average Bonchev–Trinajstić information content (AvgIpc) is 2.44. The molecule has 0 aliphatic heterocycles. The van der Waals surface area contributed by atoms with Crippen molar-refractivity contribution in [2.45, 2.75) is 51.8 Å². The molecule has 0 aliphatic rings. The third-order valence-corrected chi connectivity index (χ3v) is 3.12. The smallest absolute Gasteiger partial charge is 0.329 e. The number of carbonyl (C=O) groups excluding carboxylic acids is 2. The molecule has 122 valence electrons. The fourth-order valence-electron chi connectivity index (χ4n) is 1.84.